The summed E-state index contributed by atoms with van der Waals surface area (Å²) in [5.74, 6) is -1.14. The van der Waals surface area contributed by atoms with E-state index in [0.29, 0.717) is 6.42 Å². The van der Waals surface area contributed by atoms with Crippen molar-refractivity contribution in [3.63, 3.8) is 0 Å². The Hall–Kier alpha value is -1.66. The Morgan fingerprint density at radius 2 is 2.11 bits per heavy atom. The van der Waals surface area contributed by atoms with Gasteiger partial charge < -0.3 is 5.11 Å². The lowest BCUT2D eigenvalue weighted by atomic mass is 10.0. The number of carbonyl (C=O) groups is 1. The minimum Gasteiger partial charge on any atom is -0.478 e. The van der Waals surface area contributed by atoms with Crippen molar-refractivity contribution in [3.05, 3.63) is 42.0 Å². The van der Waals surface area contributed by atoms with Crippen molar-refractivity contribution in [2.45, 2.75) is 30.2 Å². The van der Waals surface area contributed by atoms with E-state index in [4.69, 9.17) is 5.11 Å². The van der Waals surface area contributed by atoms with Crippen LogP contribution in [0.2, 0.25) is 0 Å². The van der Waals surface area contributed by atoms with E-state index in [-0.39, 0.29) is 16.5 Å². The third-order valence-corrected chi connectivity index (χ3v) is 4.50. The lowest BCUT2D eigenvalue weighted by Gasteiger charge is -2.19. The van der Waals surface area contributed by atoms with Gasteiger partial charge in [-0.25, -0.2) is 17.9 Å². The SMILES string of the molecule is O=C(O)c1cccc(S(=O)(=O)NC2CC=CCC2)c1. The molecule has 0 amide bonds. The van der Waals surface area contributed by atoms with Crippen molar-refractivity contribution in [1.29, 1.82) is 0 Å². The predicted octanol–water partition coefficient (Wildman–Crippen LogP) is 1.77. The molecular formula is C13H15NO4S. The fourth-order valence-corrected chi connectivity index (χ4v) is 3.31. The molecule has 1 aliphatic rings. The van der Waals surface area contributed by atoms with Crippen LogP contribution in [0.5, 0.6) is 0 Å². The summed E-state index contributed by atoms with van der Waals surface area (Å²) in [6.07, 6.45) is 6.24. The quantitative estimate of drug-likeness (QED) is 0.824. The largest absolute Gasteiger partial charge is 0.478 e. The normalized spacial score (nSPS) is 19.3. The van der Waals surface area contributed by atoms with Gasteiger partial charge in [0.25, 0.3) is 0 Å². The second-order valence-electron chi connectivity index (χ2n) is 4.44. The van der Waals surface area contributed by atoms with E-state index in [1.165, 1.54) is 24.3 Å². The first-order valence-corrected chi connectivity index (χ1v) is 7.48. The topological polar surface area (TPSA) is 83.5 Å². The van der Waals surface area contributed by atoms with Gasteiger partial charge in [-0.3, -0.25) is 0 Å². The third kappa shape index (κ3) is 3.42. The molecule has 2 N–H and O–H groups in total. The third-order valence-electron chi connectivity index (χ3n) is 2.98. The second kappa shape index (κ2) is 5.54. The van der Waals surface area contributed by atoms with E-state index < -0.39 is 16.0 Å². The molecule has 0 saturated heterocycles. The number of allylic oxidation sites excluding steroid dienone is 1. The number of aromatic carboxylic acids is 1. The molecule has 0 spiro atoms. The van der Waals surface area contributed by atoms with Crippen LogP contribution in [0.3, 0.4) is 0 Å². The van der Waals surface area contributed by atoms with Crippen LogP contribution in [0.4, 0.5) is 0 Å². The van der Waals surface area contributed by atoms with Crippen molar-refractivity contribution in [3.8, 4) is 0 Å². The summed E-state index contributed by atoms with van der Waals surface area (Å²) in [4.78, 5) is 10.8. The van der Waals surface area contributed by atoms with Crippen LogP contribution in [0.25, 0.3) is 0 Å². The minimum atomic E-state index is -3.66. The van der Waals surface area contributed by atoms with Crippen LogP contribution in [0, 0.1) is 0 Å². The van der Waals surface area contributed by atoms with E-state index in [9.17, 15) is 13.2 Å². The summed E-state index contributed by atoms with van der Waals surface area (Å²) in [6.45, 7) is 0. The molecule has 5 nitrogen and oxygen atoms in total. The molecule has 1 aliphatic carbocycles. The highest BCUT2D eigenvalue weighted by Gasteiger charge is 2.21. The van der Waals surface area contributed by atoms with E-state index >= 15 is 0 Å². The Morgan fingerprint density at radius 1 is 1.32 bits per heavy atom. The van der Waals surface area contributed by atoms with Crippen LogP contribution < -0.4 is 4.72 Å². The Bertz CT molecular complexity index is 607. The minimum absolute atomic E-state index is 0.0121. The molecule has 0 aromatic heterocycles. The van der Waals surface area contributed by atoms with Gasteiger partial charge in [0.1, 0.15) is 0 Å². The van der Waals surface area contributed by atoms with Gasteiger partial charge in [-0.15, -0.1) is 0 Å². The lowest BCUT2D eigenvalue weighted by molar-refractivity contribution is 0.0696. The molecule has 1 aromatic rings. The van der Waals surface area contributed by atoms with Crippen LogP contribution in [0.1, 0.15) is 29.6 Å². The highest BCUT2D eigenvalue weighted by Crippen LogP contribution is 2.16. The Labute approximate surface area is 112 Å². The van der Waals surface area contributed by atoms with Crippen LogP contribution in [0.15, 0.2) is 41.3 Å². The molecule has 1 aromatic carbocycles. The van der Waals surface area contributed by atoms with Crippen molar-refractivity contribution < 1.29 is 18.3 Å². The highest BCUT2D eigenvalue weighted by molar-refractivity contribution is 7.89. The average molecular weight is 281 g/mol. The molecule has 0 aliphatic heterocycles. The first-order valence-electron chi connectivity index (χ1n) is 6.00. The fraction of sp³-hybridized carbons (Fsp3) is 0.308. The molecule has 0 bridgehead atoms. The summed E-state index contributed by atoms with van der Waals surface area (Å²) in [7, 11) is -3.66. The average Bonchev–Trinajstić information content (AvgIpc) is 2.39. The zero-order valence-electron chi connectivity index (χ0n) is 10.2. The smallest absolute Gasteiger partial charge is 0.335 e. The molecule has 0 heterocycles. The zero-order valence-corrected chi connectivity index (χ0v) is 11.1. The summed E-state index contributed by atoms with van der Waals surface area (Å²) in [5, 5.41) is 8.87. The molecular weight excluding hydrogens is 266 g/mol. The van der Waals surface area contributed by atoms with Crippen LogP contribution >= 0.6 is 0 Å². The zero-order chi connectivity index (χ0) is 13.9. The van der Waals surface area contributed by atoms with Crippen LogP contribution in [-0.4, -0.2) is 25.5 Å². The maximum Gasteiger partial charge on any atom is 0.335 e. The number of rotatable bonds is 4. The molecule has 19 heavy (non-hydrogen) atoms. The van der Waals surface area contributed by atoms with Gasteiger partial charge in [-0.05, 0) is 37.5 Å². The molecule has 1 unspecified atom stereocenters. The molecule has 102 valence electrons. The van der Waals surface area contributed by atoms with E-state index in [0.717, 1.165) is 12.8 Å². The monoisotopic (exact) mass is 281 g/mol. The van der Waals surface area contributed by atoms with Gasteiger partial charge in [-0.1, -0.05) is 18.2 Å². The maximum absolute atomic E-state index is 12.1. The van der Waals surface area contributed by atoms with E-state index in [1.54, 1.807) is 0 Å². The van der Waals surface area contributed by atoms with Gasteiger partial charge in [0, 0.05) is 6.04 Å². The first-order chi connectivity index (χ1) is 8.99. The van der Waals surface area contributed by atoms with E-state index in [2.05, 4.69) is 4.72 Å². The van der Waals surface area contributed by atoms with Gasteiger partial charge in [0.05, 0.1) is 10.5 Å². The van der Waals surface area contributed by atoms with Gasteiger partial charge in [0.15, 0.2) is 0 Å². The molecule has 0 fully saturated rings. The Kier molecular flexibility index (Phi) is 4.01. The van der Waals surface area contributed by atoms with Crippen molar-refractivity contribution in [2.75, 3.05) is 0 Å². The summed E-state index contributed by atoms with van der Waals surface area (Å²) in [6, 6.07) is 5.24. The number of sulfonamides is 1. The molecule has 1 atom stereocenters. The van der Waals surface area contributed by atoms with Crippen molar-refractivity contribution in [2.24, 2.45) is 0 Å². The van der Waals surface area contributed by atoms with E-state index in [1.807, 2.05) is 12.2 Å². The number of carboxylic acid groups (broad SMARTS) is 1. The lowest BCUT2D eigenvalue weighted by Crippen LogP contribution is -2.35. The van der Waals surface area contributed by atoms with Crippen molar-refractivity contribution in [1.82, 2.24) is 4.72 Å². The fourth-order valence-electron chi connectivity index (χ4n) is 1.98. The maximum atomic E-state index is 12.1. The number of hydrogen-bond donors (Lipinski definition) is 2. The van der Waals surface area contributed by atoms with Crippen molar-refractivity contribution >= 4 is 16.0 Å². The van der Waals surface area contributed by atoms with Gasteiger partial charge in [0.2, 0.25) is 10.0 Å². The standard InChI is InChI=1S/C13H15NO4S/c15-13(16)10-5-4-8-12(9-10)19(17,18)14-11-6-2-1-3-7-11/h1-2,4-5,8-9,11,14H,3,6-7H2,(H,15,16). The highest BCUT2D eigenvalue weighted by atomic mass is 32.2. The number of benzene rings is 1. The van der Waals surface area contributed by atoms with Crippen LogP contribution in [-0.2, 0) is 10.0 Å². The van der Waals surface area contributed by atoms with Gasteiger partial charge in [-0.2, -0.15) is 0 Å². The summed E-state index contributed by atoms with van der Waals surface area (Å²) < 4.78 is 26.9. The second-order valence-corrected chi connectivity index (χ2v) is 6.15. The molecule has 0 radical (unpaired) electrons. The molecule has 0 saturated carbocycles. The Balaban J connectivity index is 2.21. The molecule has 2 rings (SSSR count). The number of hydrogen-bond acceptors (Lipinski definition) is 3. The van der Waals surface area contributed by atoms with Gasteiger partial charge >= 0.3 is 5.97 Å². The summed E-state index contributed by atoms with van der Waals surface area (Å²) >= 11 is 0. The summed E-state index contributed by atoms with van der Waals surface area (Å²) in [5.41, 5.74) is -0.0357. The first kappa shape index (κ1) is 13.8. The Morgan fingerprint density at radius 3 is 2.74 bits per heavy atom. The number of nitrogens with one attached hydrogen (secondary N) is 1. The number of carboxylic acids is 1. The predicted molar refractivity (Wildman–Crippen MR) is 70.5 cm³/mol. The molecule has 6 heteroatoms.